The smallest absolute Gasteiger partial charge is 0.391 e. The molecule has 1 atom stereocenters. The molecule has 0 aliphatic heterocycles. The molecule has 0 N–H and O–H groups in total. The van der Waals surface area contributed by atoms with Crippen LogP contribution in [0.15, 0.2) is 6.07 Å². The average Bonchev–Trinajstić information content (AvgIpc) is 3.43. The third kappa shape index (κ3) is 6.78. The summed E-state index contributed by atoms with van der Waals surface area (Å²) in [6.07, 6.45) is 2.63. The Morgan fingerprint density at radius 2 is 2.08 bits per heavy atom. The van der Waals surface area contributed by atoms with Gasteiger partial charge < -0.3 is 18.7 Å². The van der Waals surface area contributed by atoms with Crippen LogP contribution in [0, 0.1) is 0 Å². The van der Waals surface area contributed by atoms with Crippen LogP contribution in [0.4, 0.5) is 4.79 Å². The number of ether oxygens (including phenoxy) is 1. The Morgan fingerprint density at radius 3 is 2.65 bits per heavy atom. The van der Waals surface area contributed by atoms with Gasteiger partial charge in [-0.2, -0.15) is 4.98 Å². The van der Waals surface area contributed by atoms with E-state index in [9.17, 15) is 4.79 Å². The number of carbonyl (C=O) groups excluding carboxylic acids is 1. The van der Waals surface area contributed by atoms with Crippen molar-refractivity contribution in [2.45, 2.75) is 45.6 Å². The molecule has 0 radical (unpaired) electrons. The summed E-state index contributed by atoms with van der Waals surface area (Å²) in [5, 5.41) is 0. The molecule has 7 nitrogen and oxygen atoms in total. The van der Waals surface area contributed by atoms with Gasteiger partial charge in [0.05, 0.1) is 18.9 Å². The Bertz CT molecular complexity index is 671. The second-order valence-electron chi connectivity index (χ2n) is 6.06. The highest BCUT2D eigenvalue weighted by Crippen LogP contribution is 2.61. The van der Waals surface area contributed by atoms with Gasteiger partial charge in [0.15, 0.2) is 0 Å². The summed E-state index contributed by atoms with van der Waals surface area (Å²) < 4.78 is 17.0. The van der Waals surface area contributed by atoms with Crippen molar-refractivity contribution < 1.29 is 18.6 Å². The molecular weight excluding hydrogens is 393 g/mol. The highest BCUT2D eigenvalue weighted by Gasteiger charge is 2.28. The minimum atomic E-state index is -2.41. The number of hydrogen-bond acceptors (Lipinski definition) is 8. The first-order valence-electron chi connectivity index (χ1n) is 8.67. The molecule has 0 spiro atoms. The molecule has 1 amide bonds. The van der Waals surface area contributed by atoms with Crippen molar-refractivity contribution >= 4 is 35.0 Å². The zero-order chi connectivity index (χ0) is 19.2. The number of aromatic nitrogens is 2. The van der Waals surface area contributed by atoms with Crippen LogP contribution in [0.5, 0.6) is 5.88 Å². The second kappa shape index (κ2) is 9.99. The van der Waals surface area contributed by atoms with Gasteiger partial charge in [-0.1, -0.05) is 18.3 Å². The van der Waals surface area contributed by atoms with E-state index in [1.807, 2.05) is 6.92 Å². The van der Waals surface area contributed by atoms with E-state index in [0.717, 1.165) is 25.0 Å². The van der Waals surface area contributed by atoms with Crippen LogP contribution < -0.4 is 4.74 Å². The van der Waals surface area contributed by atoms with Crippen molar-refractivity contribution in [2.75, 3.05) is 26.5 Å². The average molecular weight is 420 g/mol. The Labute approximate surface area is 164 Å². The summed E-state index contributed by atoms with van der Waals surface area (Å²) in [7, 11) is 3.25. The first-order valence-corrected chi connectivity index (χ1v) is 12.9. The van der Waals surface area contributed by atoms with Crippen LogP contribution in [0.1, 0.15) is 50.5 Å². The van der Waals surface area contributed by atoms with E-state index >= 15 is 0 Å². The van der Waals surface area contributed by atoms with Crippen LogP contribution in [-0.4, -0.2) is 47.4 Å². The lowest BCUT2D eigenvalue weighted by Gasteiger charge is -2.20. The van der Waals surface area contributed by atoms with Gasteiger partial charge in [-0.25, -0.2) is 9.78 Å². The van der Waals surface area contributed by atoms with Gasteiger partial charge >= 0.3 is 6.09 Å². The van der Waals surface area contributed by atoms with Crippen LogP contribution in [0.3, 0.4) is 0 Å². The summed E-state index contributed by atoms with van der Waals surface area (Å²) in [6.45, 7) is 4.72. The first-order chi connectivity index (χ1) is 12.4. The maximum atomic E-state index is 11.8. The molecule has 0 aromatic carbocycles. The lowest BCUT2D eigenvalue weighted by molar-refractivity contribution is 0.169. The van der Waals surface area contributed by atoms with Crippen molar-refractivity contribution in [1.29, 1.82) is 0 Å². The minimum Gasteiger partial charge on any atom is -0.391 e. The van der Waals surface area contributed by atoms with E-state index in [1.54, 1.807) is 31.5 Å². The standard InChI is InChI=1S/C16H26N3O4PS2/c1-5-9-26-24(25,21-6-2)22-11-13-10-14(23-16(20)19(3)4)18-15(17-13)12-7-8-12/h10,12H,5-9,11H2,1-4H3/t24-/m0/s1. The number of nitrogens with zero attached hydrogens (tertiary/aromatic N) is 3. The highest BCUT2D eigenvalue weighted by molar-refractivity contribution is 8.67. The monoisotopic (exact) mass is 419 g/mol. The van der Waals surface area contributed by atoms with Gasteiger partial charge in [0, 0.05) is 31.8 Å². The quantitative estimate of drug-likeness (QED) is 0.519. The molecule has 1 saturated carbocycles. The molecule has 1 aliphatic rings. The van der Waals surface area contributed by atoms with Crippen molar-refractivity contribution in [3.63, 3.8) is 0 Å². The second-order valence-corrected chi connectivity index (χ2v) is 12.5. The molecule has 2 rings (SSSR count). The van der Waals surface area contributed by atoms with Gasteiger partial charge in [0.25, 0.3) is 0 Å². The number of rotatable bonds is 10. The highest BCUT2D eigenvalue weighted by atomic mass is 32.9. The van der Waals surface area contributed by atoms with Gasteiger partial charge in [0.1, 0.15) is 5.82 Å². The maximum absolute atomic E-state index is 11.8. The fourth-order valence-electron chi connectivity index (χ4n) is 1.94. The predicted octanol–water partition coefficient (Wildman–Crippen LogP) is 4.34. The first kappa shape index (κ1) is 21.6. The van der Waals surface area contributed by atoms with Crippen LogP contribution in [0.2, 0.25) is 0 Å². The van der Waals surface area contributed by atoms with Crippen molar-refractivity contribution in [1.82, 2.24) is 14.9 Å². The minimum absolute atomic E-state index is 0.211. The van der Waals surface area contributed by atoms with E-state index in [-0.39, 0.29) is 12.5 Å². The SMILES string of the molecule is CCCS[P@@](=S)(OCC)OCc1cc(OC(=O)N(C)C)nc(C2CC2)n1. The van der Waals surface area contributed by atoms with Crippen molar-refractivity contribution in [2.24, 2.45) is 0 Å². The van der Waals surface area contributed by atoms with E-state index < -0.39 is 11.8 Å². The topological polar surface area (TPSA) is 73.8 Å². The Hall–Kier alpha value is -0.730. The normalized spacial score (nSPS) is 16.2. The zero-order valence-electron chi connectivity index (χ0n) is 15.6. The third-order valence-corrected chi connectivity index (χ3v) is 9.02. The third-order valence-electron chi connectivity index (χ3n) is 3.38. The fourth-order valence-corrected chi connectivity index (χ4v) is 6.46. The number of amides is 1. The summed E-state index contributed by atoms with van der Waals surface area (Å²) in [5.41, 5.74) is -1.76. The molecule has 1 aromatic heterocycles. The Balaban J connectivity index is 2.12. The molecular formula is C16H26N3O4PS2. The lowest BCUT2D eigenvalue weighted by Crippen LogP contribution is -2.26. The summed E-state index contributed by atoms with van der Waals surface area (Å²) in [4.78, 5) is 22.1. The molecule has 0 unspecified atom stereocenters. The van der Waals surface area contributed by atoms with E-state index in [2.05, 4.69) is 16.9 Å². The van der Waals surface area contributed by atoms with Crippen LogP contribution in [0.25, 0.3) is 0 Å². The van der Waals surface area contributed by atoms with Gasteiger partial charge in [-0.05, 0) is 38.0 Å². The van der Waals surface area contributed by atoms with E-state index in [1.165, 1.54) is 4.90 Å². The largest absolute Gasteiger partial charge is 0.416 e. The molecule has 26 heavy (non-hydrogen) atoms. The Kier molecular flexibility index (Phi) is 8.29. The zero-order valence-corrected chi connectivity index (χ0v) is 18.2. The summed E-state index contributed by atoms with van der Waals surface area (Å²) in [5.74, 6) is 2.15. The molecule has 1 fully saturated rings. The van der Waals surface area contributed by atoms with Gasteiger partial charge in [-0.3, -0.25) is 0 Å². The van der Waals surface area contributed by atoms with E-state index in [0.29, 0.717) is 24.0 Å². The molecule has 0 saturated heterocycles. The molecule has 0 bridgehead atoms. The summed E-state index contributed by atoms with van der Waals surface area (Å²) in [6, 6.07) is 1.63. The molecule has 1 aromatic rings. The van der Waals surface area contributed by atoms with Crippen molar-refractivity contribution in [3.05, 3.63) is 17.6 Å². The fraction of sp³-hybridized carbons (Fsp3) is 0.688. The number of carbonyl (C=O) groups is 1. The van der Waals surface area contributed by atoms with Crippen molar-refractivity contribution in [3.8, 4) is 5.88 Å². The number of hydrogen-bond donors (Lipinski definition) is 0. The molecule has 146 valence electrons. The maximum Gasteiger partial charge on any atom is 0.416 e. The van der Waals surface area contributed by atoms with Crippen LogP contribution >= 0.6 is 17.1 Å². The molecule has 1 heterocycles. The molecule has 10 heteroatoms. The lowest BCUT2D eigenvalue weighted by atomic mass is 10.3. The molecule has 1 aliphatic carbocycles. The summed E-state index contributed by atoms with van der Waals surface area (Å²) >= 11 is 7.15. The van der Waals surface area contributed by atoms with Crippen LogP contribution in [-0.2, 0) is 27.5 Å². The predicted molar refractivity (Wildman–Crippen MR) is 107 cm³/mol. The van der Waals surface area contributed by atoms with Gasteiger partial charge in [0.2, 0.25) is 11.6 Å². The van der Waals surface area contributed by atoms with Gasteiger partial charge in [-0.15, -0.1) is 0 Å². The van der Waals surface area contributed by atoms with E-state index in [4.69, 9.17) is 25.6 Å². The Morgan fingerprint density at radius 1 is 1.35 bits per heavy atom.